The van der Waals surface area contributed by atoms with Gasteiger partial charge in [-0.05, 0) is 45.4 Å². The maximum atomic E-state index is 5.75. The van der Waals surface area contributed by atoms with Crippen LogP contribution in [-0.4, -0.2) is 18.9 Å². The molecule has 2 atom stereocenters. The Morgan fingerprint density at radius 2 is 1.50 bits per heavy atom. The van der Waals surface area contributed by atoms with Gasteiger partial charge >= 0.3 is 0 Å². The molecule has 0 aromatic carbocycles. The van der Waals surface area contributed by atoms with Crippen molar-refractivity contribution >= 4 is 0 Å². The second-order valence-corrected chi connectivity index (χ2v) is 6.95. The summed E-state index contributed by atoms with van der Waals surface area (Å²) >= 11 is 0. The highest BCUT2D eigenvalue weighted by molar-refractivity contribution is 4.84. The summed E-state index contributed by atoms with van der Waals surface area (Å²) in [7, 11) is 1.79. The minimum atomic E-state index is -0.399. The lowest BCUT2D eigenvalue weighted by atomic mass is 9.82. The van der Waals surface area contributed by atoms with Gasteiger partial charge in [0.05, 0.1) is 6.04 Å². The first-order chi connectivity index (χ1) is 9.65. The van der Waals surface area contributed by atoms with Gasteiger partial charge in [0, 0.05) is 13.0 Å². The lowest BCUT2D eigenvalue weighted by Crippen LogP contribution is -2.36. The van der Waals surface area contributed by atoms with Crippen molar-refractivity contribution in [1.82, 2.24) is 0 Å². The van der Waals surface area contributed by atoms with Crippen LogP contribution in [0.15, 0.2) is 10.2 Å². The fourth-order valence-corrected chi connectivity index (χ4v) is 3.84. The van der Waals surface area contributed by atoms with E-state index in [1.165, 1.54) is 64.2 Å². The van der Waals surface area contributed by atoms with E-state index in [0.29, 0.717) is 12.0 Å². The van der Waals surface area contributed by atoms with Crippen LogP contribution in [0.3, 0.4) is 0 Å². The second kappa shape index (κ2) is 7.53. The van der Waals surface area contributed by atoms with Crippen molar-refractivity contribution in [2.75, 3.05) is 7.11 Å². The normalized spacial score (nSPS) is 27.6. The highest BCUT2D eigenvalue weighted by Crippen LogP contribution is 2.36. The van der Waals surface area contributed by atoms with Gasteiger partial charge in [0.25, 0.3) is 0 Å². The van der Waals surface area contributed by atoms with E-state index in [-0.39, 0.29) is 0 Å². The fourth-order valence-electron chi connectivity index (χ4n) is 3.84. The zero-order chi connectivity index (χ0) is 14.4. The van der Waals surface area contributed by atoms with E-state index in [2.05, 4.69) is 24.1 Å². The molecule has 0 aliphatic heterocycles. The van der Waals surface area contributed by atoms with Crippen LogP contribution in [0, 0.1) is 11.8 Å². The van der Waals surface area contributed by atoms with E-state index in [9.17, 15) is 0 Å². The predicted molar refractivity (Wildman–Crippen MR) is 82.9 cm³/mol. The summed E-state index contributed by atoms with van der Waals surface area (Å²) in [5, 5.41) is 9.34. The smallest absolute Gasteiger partial charge is 0.178 e. The van der Waals surface area contributed by atoms with Crippen LogP contribution >= 0.6 is 0 Å². The van der Waals surface area contributed by atoms with Gasteiger partial charge in [-0.1, -0.05) is 38.5 Å². The Morgan fingerprint density at radius 3 is 2.05 bits per heavy atom. The number of ether oxygens (including phenoxy) is 1. The van der Waals surface area contributed by atoms with Crippen molar-refractivity contribution in [1.29, 1.82) is 0 Å². The quantitative estimate of drug-likeness (QED) is 0.625. The molecule has 0 bridgehead atoms. The lowest BCUT2D eigenvalue weighted by Gasteiger charge is -2.35. The van der Waals surface area contributed by atoms with E-state index in [4.69, 9.17) is 4.74 Å². The Balaban J connectivity index is 1.94. The topological polar surface area (TPSA) is 34.0 Å². The monoisotopic (exact) mass is 280 g/mol. The Hall–Kier alpha value is -0.440. The van der Waals surface area contributed by atoms with Crippen LogP contribution in [-0.2, 0) is 4.74 Å². The molecular weight excluding hydrogens is 248 g/mol. The van der Waals surface area contributed by atoms with E-state index >= 15 is 0 Å². The van der Waals surface area contributed by atoms with E-state index in [0.717, 1.165) is 5.92 Å². The summed E-state index contributed by atoms with van der Waals surface area (Å²) in [6, 6.07) is 0.355. The summed E-state index contributed by atoms with van der Waals surface area (Å²) < 4.78 is 5.75. The minimum absolute atomic E-state index is 0.355. The molecule has 0 radical (unpaired) electrons. The highest BCUT2D eigenvalue weighted by Gasteiger charge is 2.35. The van der Waals surface area contributed by atoms with Gasteiger partial charge < -0.3 is 4.74 Å². The second-order valence-electron chi connectivity index (χ2n) is 6.95. The average Bonchev–Trinajstić information content (AvgIpc) is 2.54. The van der Waals surface area contributed by atoms with Crippen molar-refractivity contribution < 1.29 is 4.74 Å². The molecule has 0 heterocycles. The molecular formula is C17H32N2O. The molecule has 0 spiro atoms. The van der Waals surface area contributed by atoms with E-state index < -0.39 is 5.72 Å². The van der Waals surface area contributed by atoms with Gasteiger partial charge in [-0.3, -0.25) is 0 Å². The lowest BCUT2D eigenvalue weighted by molar-refractivity contribution is -0.0549. The first-order valence-corrected chi connectivity index (χ1v) is 8.63. The average molecular weight is 280 g/mol. The first kappa shape index (κ1) is 15.9. The molecule has 0 amide bonds. The highest BCUT2D eigenvalue weighted by atomic mass is 16.5. The maximum Gasteiger partial charge on any atom is 0.178 e. The van der Waals surface area contributed by atoms with Crippen LogP contribution < -0.4 is 0 Å². The largest absolute Gasteiger partial charge is 0.355 e. The van der Waals surface area contributed by atoms with Crippen LogP contribution in [0.25, 0.3) is 0 Å². The number of azo groups is 1. The molecule has 2 aliphatic carbocycles. The van der Waals surface area contributed by atoms with E-state index in [1.54, 1.807) is 7.11 Å². The van der Waals surface area contributed by atoms with Gasteiger partial charge in [-0.2, -0.15) is 10.2 Å². The third-order valence-corrected chi connectivity index (χ3v) is 5.55. The third kappa shape index (κ3) is 4.03. The van der Waals surface area contributed by atoms with Gasteiger partial charge in [0.2, 0.25) is 0 Å². The Morgan fingerprint density at radius 1 is 0.950 bits per heavy atom. The Bertz CT molecular complexity index is 306. The van der Waals surface area contributed by atoms with Crippen LogP contribution in [0.5, 0.6) is 0 Å². The summed E-state index contributed by atoms with van der Waals surface area (Å²) in [6.45, 7) is 4.36. The van der Waals surface area contributed by atoms with Gasteiger partial charge in [0.15, 0.2) is 5.72 Å². The van der Waals surface area contributed by atoms with E-state index in [1.807, 2.05) is 0 Å². The number of rotatable bonds is 5. The molecule has 2 saturated carbocycles. The minimum Gasteiger partial charge on any atom is -0.355 e. The van der Waals surface area contributed by atoms with Crippen LogP contribution in [0.2, 0.25) is 0 Å². The molecule has 2 aliphatic rings. The fraction of sp³-hybridized carbons (Fsp3) is 1.00. The van der Waals surface area contributed by atoms with Crippen molar-refractivity contribution in [2.45, 2.75) is 89.8 Å². The number of hydrogen-bond donors (Lipinski definition) is 0. The molecule has 0 aromatic heterocycles. The SMILES string of the molecule is COC(C)(/N=N/C(C)C1CCCCC1)C1CCCCC1. The Labute approximate surface area is 124 Å². The number of nitrogens with zero attached hydrogens (tertiary/aromatic N) is 2. The Kier molecular flexibility index (Phi) is 6.01. The molecule has 2 fully saturated rings. The zero-order valence-corrected chi connectivity index (χ0v) is 13.6. The van der Waals surface area contributed by atoms with Crippen molar-refractivity contribution in [3.8, 4) is 0 Å². The summed E-state index contributed by atoms with van der Waals surface area (Å²) in [6.07, 6.45) is 13.3. The van der Waals surface area contributed by atoms with Crippen molar-refractivity contribution in [3.63, 3.8) is 0 Å². The molecule has 3 nitrogen and oxygen atoms in total. The summed E-state index contributed by atoms with van der Waals surface area (Å²) in [5.74, 6) is 1.28. The van der Waals surface area contributed by atoms with Crippen LogP contribution in [0.4, 0.5) is 0 Å². The molecule has 0 N–H and O–H groups in total. The van der Waals surface area contributed by atoms with Crippen molar-refractivity contribution in [2.24, 2.45) is 22.1 Å². The number of methoxy groups -OCH3 is 1. The summed E-state index contributed by atoms with van der Waals surface area (Å²) in [5.41, 5.74) is -0.399. The third-order valence-electron chi connectivity index (χ3n) is 5.55. The standard InChI is InChI=1S/C17H32N2O/c1-14(15-10-6-4-7-11-15)18-19-17(2,20-3)16-12-8-5-9-13-16/h14-16H,4-13H2,1-3H3/b19-18+. The van der Waals surface area contributed by atoms with Gasteiger partial charge in [-0.25, -0.2) is 0 Å². The number of hydrogen-bond acceptors (Lipinski definition) is 3. The molecule has 2 unspecified atom stereocenters. The molecule has 0 saturated heterocycles. The van der Waals surface area contributed by atoms with Gasteiger partial charge in [0.1, 0.15) is 0 Å². The maximum absolute atomic E-state index is 5.75. The van der Waals surface area contributed by atoms with Gasteiger partial charge in [-0.15, -0.1) is 0 Å². The predicted octanol–water partition coefficient (Wildman–Crippen LogP) is 5.35. The molecule has 2 rings (SSSR count). The molecule has 3 heteroatoms. The van der Waals surface area contributed by atoms with Crippen molar-refractivity contribution in [3.05, 3.63) is 0 Å². The van der Waals surface area contributed by atoms with Crippen LogP contribution in [0.1, 0.15) is 78.1 Å². The molecule has 20 heavy (non-hydrogen) atoms. The first-order valence-electron chi connectivity index (χ1n) is 8.63. The summed E-state index contributed by atoms with van der Waals surface area (Å²) in [4.78, 5) is 0. The zero-order valence-electron chi connectivity index (χ0n) is 13.6. The molecule has 116 valence electrons. The molecule has 0 aromatic rings.